The largest absolute Gasteiger partial charge is 0.274 e. The van der Waals surface area contributed by atoms with Crippen LogP contribution in [0.3, 0.4) is 0 Å². The van der Waals surface area contributed by atoms with Gasteiger partial charge in [0.1, 0.15) is 18.5 Å². The first-order valence-electron chi connectivity index (χ1n) is 10.2. The summed E-state index contributed by atoms with van der Waals surface area (Å²) >= 11 is 0. The van der Waals surface area contributed by atoms with Crippen LogP contribution in [0.15, 0.2) is 88.6 Å². The van der Waals surface area contributed by atoms with E-state index in [2.05, 4.69) is 40.6 Å². The van der Waals surface area contributed by atoms with Gasteiger partial charge in [-0.15, -0.1) is 0 Å². The maximum absolute atomic E-state index is 4.75. The fourth-order valence-electron chi connectivity index (χ4n) is 3.10. The maximum Gasteiger partial charge on any atom is 0.102 e. The van der Waals surface area contributed by atoms with Gasteiger partial charge in [-0.2, -0.15) is 0 Å². The van der Waals surface area contributed by atoms with Crippen molar-refractivity contribution in [3.8, 4) is 0 Å². The molecule has 0 N–H and O–H groups in total. The number of pyridine rings is 3. The first kappa shape index (κ1) is 22.1. The first-order valence-corrected chi connectivity index (χ1v) is 10.2. The van der Waals surface area contributed by atoms with Gasteiger partial charge in [-0.25, -0.2) is 4.90 Å². The van der Waals surface area contributed by atoms with E-state index in [1.807, 2.05) is 55.0 Å². The second kappa shape index (κ2) is 11.6. The third-order valence-corrected chi connectivity index (χ3v) is 4.73. The van der Waals surface area contributed by atoms with Gasteiger partial charge in [0, 0.05) is 55.8 Å². The number of rotatable bonds is 9. The van der Waals surface area contributed by atoms with Crippen LogP contribution in [-0.2, 0) is 0 Å². The van der Waals surface area contributed by atoms with E-state index in [1.165, 1.54) is 0 Å². The smallest absolute Gasteiger partial charge is 0.102 e. The monoisotopic (exact) mass is 413 g/mol. The lowest BCUT2D eigenvalue weighted by Gasteiger charge is -2.33. The molecule has 3 aromatic heterocycles. The van der Waals surface area contributed by atoms with E-state index in [0.29, 0.717) is 0 Å². The molecular formula is C24H27N7. The summed E-state index contributed by atoms with van der Waals surface area (Å²) in [7, 11) is 0. The van der Waals surface area contributed by atoms with Crippen LogP contribution < -0.4 is 0 Å². The van der Waals surface area contributed by atoms with E-state index in [-0.39, 0.29) is 18.5 Å². The van der Waals surface area contributed by atoms with E-state index in [1.54, 1.807) is 37.2 Å². The van der Waals surface area contributed by atoms with E-state index < -0.39 is 0 Å². The van der Waals surface area contributed by atoms with Crippen LogP contribution >= 0.6 is 0 Å². The lowest BCUT2D eigenvalue weighted by Crippen LogP contribution is -2.44. The summed E-state index contributed by atoms with van der Waals surface area (Å²) in [6.45, 7) is 6.15. The Bertz CT molecular complexity index is 856. The van der Waals surface area contributed by atoms with E-state index in [0.717, 1.165) is 16.7 Å². The summed E-state index contributed by atoms with van der Waals surface area (Å²) in [6, 6.07) is 11.6. The molecule has 0 aliphatic carbocycles. The molecule has 3 heterocycles. The van der Waals surface area contributed by atoms with Crippen LogP contribution in [0.2, 0.25) is 0 Å². The fraction of sp³-hybridized carbons (Fsp3) is 0.250. The third kappa shape index (κ3) is 7.01. The predicted octanol–water partition coefficient (Wildman–Crippen LogP) is 3.87. The Balaban J connectivity index is 1.80. The Morgan fingerprint density at radius 3 is 1.06 bits per heavy atom. The molecule has 0 aliphatic rings. The number of hydrogen-bond donors (Lipinski definition) is 0. The minimum atomic E-state index is -0.137. The average molecular weight is 414 g/mol. The zero-order valence-corrected chi connectivity index (χ0v) is 18.0. The van der Waals surface area contributed by atoms with Gasteiger partial charge in [0.25, 0.3) is 0 Å². The molecule has 0 aliphatic heterocycles. The molecule has 3 atom stereocenters. The van der Waals surface area contributed by atoms with Gasteiger partial charge in [0.15, 0.2) is 0 Å². The Labute approximate surface area is 183 Å². The minimum Gasteiger partial charge on any atom is -0.274 e. The molecule has 0 fully saturated rings. The standard InChI is InChI=1S/C24H27N7/c1-19(28-16-22-4-10-25-11-5-22)31(20(2)29-17-23-6-12-26-13-7-23)21(3)30-18-24-8-14-27-15-9-24/h4-21H,1-3H3. The van der Waals surface area contributed by atoms with Gasteiger partial charge >= 0.3 is 0 Å². The summed E-state index contributed by atoms with van der Waals surface area (Å²) < 4.78 is 0. The number of aromatic nitrogens is 3. The molecule has 31 heavy (non-hydrogen) atoms. The molecule has 3 aromatic rings. The van der Waals surface area contributed by atoms with Gasteiger partial charge in [-0.05, 0) is 73.9 Å². The van der Waals surface area contributed by atoms with Gasteiger partial charge in [0.2, 0.25) is 0 Å². The highest BCUT2D eigenvalue weighted by Crippen LogP contribution is 2.15. The molecule has 0 amide bonds. The molecule has 158 valence electrons. The van der Waals surface area contributed by atoms with Crippen molar-refractivity contribution in [2.24, 2.45) is 15.0 Å². The Morgan fingerprint density at radius 1 is 0.548 bits per heavy atom. The van der Waals surface area contributed by atoms with Crippen molar-refractivity contribution in [3.05, 3.63) is 90.3 Å². The Hall–Kier alpha value is -3.58. The highest BCUT2D eigenvalue weighted by Gasteiger charge is 2.23. The normalized spacial score (nSPS) is 15.1. The SMILES string of the molecule is CC(N=Cc1ccncc1)N(C(C)N=Cc1ccncc1)C(C)N=Cc1ccncc1. The molecule has 7 heteroatoms. The highest BCUT2D eigenvalue weighted by atomic mass is 15.4. The first-order chi connectivity index (χ1) is 15.1. The second-order valence-corrected chi connectivity index (χ2v) is 7.02. The van der Waals surface area contributed by atoms with Crippen LogP contribution in [-0.4, -0.2) is 57.0 Å². The Morgan fingerprint density at radius 2 is 0.806 bits per heavy atom. The quantitative estimate of drug-likeness (QED) is 0.499. The summed E-state index contributed by atoms with van der Waals surface area (Å²) in [6.07, 6.45) is 15.7. The minimum absolute atomic E-state index is 0.137. The number of nitrogens with zero attached hydrogens (tertiary/aromatic N) is 7. The molecule has 0 spiro atoms. The molecule has 7 nitrogen and oxygen atoms in total. The third-order valence-electron chi connectivity index (χ3n) is 4.73. The molecule has 3 rings (SSSR count). The average Bonchev–Trinajstić information content (AvgIpc) is 2.82. The van der Waals surface area contributed by atoms with Crippen molar-refractivity contribution in [2.45, 2.75) is 39.3 Å². The van der Waals surface area contributed by atoms with Crippen molar-refractivity contribution in [3.63, 3.8) is 0 Å². The molecular weight excluding hydrogens is 386 g/mol. The van der Waals surface area contributed by atoms with Crippen molar-refractivity contribution in [1.29, 1.82) is 0 Å². The predicted molar refractivity (Wildman–Crippen MR) is 126 cm³/mol. The van der Waals surface area contributed by atoms with Gasteiger partial charge in [0.05, 0.1) is 0 Å². The molecule has 0 bridgehead atoms. The van der Waals surface area contributed by atoms with Crippen molar-refractivity contribution in [1.82, 2.24) is 19.9 Å². The molecule has 0 saturated heterocycles. The van der Waals surface area contributed by atoms with Crippen molar-refractivity contribution >= 4 is 18.6 Å². The summed E-state index contributed by atoms with van der Waals surface area (Å²) in [5, 5.41) is 0. The highest BCUT2D eigenvalue weighted by molar-refractivity contribution is 5.80. The van der Waals surface area contributed by atoms with Gasteiger partial charge in [-0.1, -0.05) is 0 Å². The van der Waals surface area contributed by atoms with E-state index in [4.69, 9.17) is 15.0 Å². The van der Waals surface area contributed by atoms with Crippen LogP contribution in [0, 0.1) is 0 Å². The van der Waals surface area contributed by atoms with Gasteiger partial charge in [-0.3, -0.25) is 29.9 Å². The van der Waals surface area contributed by atoms with Crippen LogP contribution in [0.5, 0.6) is 0 Å². The maximum atomic E-state index is 4.75. The molecule has 0 saturated carbocycles. The lowest BCUT2D eigenvalue weighted by atomic mass is 10.2. The summed E-state index contributed by atoms with van der Waals surface area (Å²) in [5.74, 6) is 0. The number of hydrogen-bond acceptors (Lipinski definition) is 7. The Kier molecular flexibility index (Phi) is 8.25. The fourth-order valence-corrected chi connectivity index (χ4v) is 3.10. The molecule has 3 unspecified atom stereocenters. The van der Waals surface area contributed by atoms with Crippen LogP contribution in [0.4, 0.5) is 0 Å². The van der Waals surface area contributed by atoms with Crippen LogP contribution in [0.1, 0.15) is 37.5 Å². The van der Waals surface area contributed by atoms with Crippen LogP contribution in [0.25, 0.3) is 0 Å². The van der Waals surface area contributed by atoms with Crippen molar-refractivity contribution in [2.75, 3.05) is 0 Å². The number of aliphatic imine (C=N–C) groups is 3. The van der Waals surface area contributed by atoms with Gasteiger partial charge < -0.3 is 0 Å². The summed E-state index contributed by atoms with van der Waals surface area (Å²) in [4.78, 5) is 28.6. The zero-order chi connectivity index (χ0) is 21.9. The zero-order valence-electron chi connectivity index (χ0n) is 18.0. The second-order valence-electron chi connectivity index (χ2n) is 7.02. The molecule has 0 aromatic carbocycles. The molecule has 0 radical (unpaired) electrons. The van der Waals surface area contributed by atoms with E-state index in [9.17, 15) is 0 Å². The summed E-state index contributed by atoms with van der Waals surface area (Å²) in [5.41, 5.74) is 3.01. The topological polar surface area (TPSA) is 79.0 Å². The lowest BCUT2D eigenvalue weighted by molar-refractivity contribution is 0.118. The van der Waals surface area contributed by atoms with Crippen molar-refractivity contribution < 1.29 is 0 Å². The van der Waals surface area contributed by atoms with E-state index >= 15 is 0 Å².